The highest BCUT2D eigenvalue weighted by Crippen LogP contribution is 2.28. The fourth-order valence-corrected chi connectivity index (χ4v) is 2.63. The van der Waals surface area contributed by atoms with Crippen LogP contribution in [0.25, 0.3) is 0 Å². The number of piperidine rings is 1. The number of aromatic nitrogens is 1. The summed E-state index contributed by atoms with van der Waals surface area (Å²) in [7, 11) is 0. The first-order valence-electron chi connectivity index (χ1n) is 6.72. The number of hydrogen-bond donors (Lipinski definition) is 0. The molecule has 96 valence electrons. The lowest BCUT2D eigenvalue weighted by atomic mass is 9.90. The van der Waals surface area contributed by atoms with Gasteiger partial charge in [0.2, 0.25) is 0 Å². The molecule has 1 aromatic heterocycles. The first-order valence-corrected chi connectivity index (χ1v) is 6.72. The Bertz CT molecular complexity index is 459. The molecule has 0 aromatic carbocycles. The predicted molar refractivity (Wildman–Crippen MR) is 72.4 cm³/mol. The lowest BCUT2D eigenvalue weighted by Crippen LogP contribution is -2.39. The number of likely N-dealkylation sites (tertiary alicyclic amines) is 1. The van der Waals surface area contributed by atoms with Crippen LogP contribution in [-0.4, -0.2) is 29.0 Å². The minimum atomic E-state index is 0.529. The van der Waals surface area contributed by atoms with Crippen LogP contribution >= 0.6 is 0 Å². The highest BCUT2D eigenvalue weighted by atomic mass is 15.2. The second-order valence-corrected chi connectivity index (χ2v) is 5.44. The Morgan fingerprint density at radius 2 is 2.28 bits per heavy atom. The Balaban J connectivity index is 2.19. The van der Waals surface area contributed by atoms with Gasteiger partial charge in [-0.25, -0.2) is 0 Å². The molecule has 0 bridgehead atoms. The average molecular weight is 243 g/mol. The fraction of sp³-hybridized carbons (Fsp3) is 0.600. The highest BCUT2D eigenvalue weighted by Gasteiger charge is 2.23. The Labute approximate surface area is 109 Å². The number of aryl methyl sites for hydroxylation is 1. The van der Waals surface area contributed by atoms with Crippen LogP contribution in [0.2, 0.25) is 0 Å². The number of pyridine rings is 1. The third kappa shape index (κ3) is 2.70. The minimum Gasteiger partial charge on any atom is -0.300 e. The normalized spacial score (nSPS) is 20.9. The summed E-state index contributed by atoms with van der Waals surface area (Å²) in [5, 5.41) is 9.08. The molecule has 3 heteroatoms. The van der Waals surface area contributed by atoms with Gasteiger partial charge in [0.15, 0.2) is 0 Å². The summed E-state index contributed by atoms with van der Waals surface area (Å²) >= 11 is 0. The van der Waals surface area contributed by atoms with E-state index in [-0.39, 0.29) is 0 Å². The fourth-order valence-electron chi connectivity index (χ4n) is 2.63. The number of nitriles is 1. The van der Waals surface area contributed by atoms with Crippen molar-refractivity contribution in [2.24, 2.45) is 0 Å². The molecular formula is C15H21N3. The molecule has 2 heterocycles. The maximum Gasteiger partial charge on any atom is 0.101 e. The maximum absolute atomic E-state index is 9.08. The largest absolute Gasteiger partial charge is 0.300 e. The molecule has 0 spiro atoms. The van der Waals surface area contributed by atoms with Crippen molar-refractivity contribution in [3.05, 3.63) is 29.1 Å². The summed E-state index contributed by atoms with van der Waals surface area (Å²) in [5.41, 5.74) is 2.77. The Morgan fingerprint density at radius 3 is 2.94 bits per heavy atom. The Kier molecular flexibility index (Phi) is 3.98. The van der Waals surface area contributed by atoms with Crippen molar-refractivity contribution in [1.82, 2.24) is 9.88 Å². The lowest BCUT2D eigenvalue weighted by molar-refractivity contribution is 0.167. The zero-order chi connectivity index (χ0) is 13.1. The van der Waals surface area contributed by atoms with Gasteiger partial charge in [-0.2, -0.15) is 5.26 Å². The van der Waals surface area contributed by atoms with Crippen molar-refractivity contribution in [3.63, 3.8) is 0 Å². The topological polar surface area (TPSA) is 39.9 Å². The molecule has 18 heavy (non-hydrogen) atoms. The minimum absolute atomic E-state index is 0.529. The van der Waals surface area contributed by atoms with E-state index in [2.05, 4.69) is 29.8 Å². The average Bonchev–Trinajstić information content (AvgIpc) is 2.39. The predicted octanol–water partition coefficient (Wildman–Crippen LogP) is 2.85. The van der Waals surface area contributed by atoms with E-state index >= 15 is 0 Å². The van der Waals surface area contributed by atoms with Gasteiger partial charge in [-0.1, -0.05) is 0 Å². The van der Waals surface area contributed by atoms with Crippen molar-refractivity contribution in [3.8, 4) is 6.07 Å². The summed E-state index contributed by atoms with van der Waals surface area (Å²) in [5.74, 6) is 0.529. The smallest absolute Gasteiger partial charge is 0.101 e. The van der Waals surface area contributed by atoms with Crippen LogP contribution in [0.5, 0.6) is 0 Å². The number of hydrogen-bond acceptors (Lipinski definition) is 3. The van der Waals surface area contributed by atoms with E-state index in [1.807, 2.05) is 19.2 Å². The number of rotatable bonds is 2. The van der Waals surface area contributed by atoms with Gasteiger partial charge < -0.3 is 4.90 Å². The molecule has 1 aromatic rings. The first kappa shape index (κ1) is 13.0. The molecule has 0 saturated carbocycles. The first-order chi connectivity index (χ1) is 8.61. The van der Waals surface area contributed by atoms with Crippen molar-refractivity contribution >= 4 is 0 Å². The molecule has 1 fully saturated rings. The Morgan fingerprint density at radius 1 is 1.50 bits per heavy atom. The summed E-state index contributed by atoms with van der Waals surface area (Å²) in [6.07, 6.45) is 4.39. The van der Waals surface area contributed by atoms with Crippen LogP contribution < -0.4 is 0 Å². The molecule has 2 rings (SSSR count). The van der Waals surface area contributed by atoms with Gasteiger partial charge in [-0.15, -0.1) is 0 Å². The van der Waals surface area contributed by atoms with E-state index in [0.717, 1.165) is 12.2 Å². The van der Waals surface area contributed by atoms with Crippen molar-refractivity contribution < 1.29 is 0 Å². The maximum atomic E-state index is 9.08. The van der Waals surface area contributed by atoms with Crippen molar-refractivity contribution in [1.29, 1.82) is 5.26 Å². The third-order valence-electron chi connectivity index (χ3n) is 3.88. The van der Waals surface area contributed by atoms with E-state index in [1.54, 1.807) is 0 Å². The van der Waals surface area contributed by atoms with Gasteiger partial charge in [-0.05, 0) is 57.7 Å². The molecule has 1 atom stereocenters. The quantitative estimate of drug-likeness (QED) is 0.802. The van der Waals surface area contributed by atoms with Gasteiger partial charge in [-0.3, -0.25) is 4.98 Å². The van der Waals surface area contributed by atoms with E-state index in [9.17, 15) is 0 Å². The van der Waals surface area contributed by atoms with Crippen LogP contribution in [0, 0.1) is 18.3 Å². The summed E-state index contributed by atoms with van der Waals surface area (Å²) in [6, 6.07) is 4.86. The SMILES string of the molecule is Cc1ncc(C2CCCN(C(C)C)C2)cc1C#N. The van der Waals surface area contributed by atoms with E-state index in [1.165, 1.54) is 24.9 Å². The summed E-state index contributed by atoms with van der Waals surface area (Å²) in [6.45, 7) is 8.67. The zero-order valence-electron chi connectivity index (χ0n) is 11.5. The molecule has 0 amide bonds. The van der Waals surface area contributed by atoms with E-state index < -0.39 is 0 Å². The molecule has 1 saturated heterocycles. The molecule has 0 radical (unpaired) electrons. The molecule has 1 aliphatic rings. The second kappa shape index (κ2) is 5.49. The number of nitrogens with zero attached hydrogens (tertiary/aromatic N) is 3. The summed E-state index contributed by atoms with van der Waals surface area (Å²) < 4.78 is 0. The van der Waals surface area contributed by atoms with E-state index in [4.69, 9.17) is 5.26 Å². The molecule has 1 unspecified atom stereocenters. The van der Waals surface area contributed by atoms with Crippen LogP contribution in [0.3, 0.4) is 0 Å². The molecular weight excluding hydrogens is 222 g/mol. The highest BCUT2D eigenvalue weighted by molar-refractivity contribution is 5.36. The third-order valence-corrected chi connectivity index (χ3v) is 3.88. The van der Waals surface area contributed by atoms with E-state index in [0.29, 0.717) is 17.5 Å². The molecule has 0 N–H and O–H groups in total. The van der Waals surface area contributed by atoms with Crippen LogP contribution in [0.15, 0.2) is 12.3 Å². The Hall–Kier alpha value is -1.40. The monoisotopic (exact) mass is 243 g/mol. The van der Waals surface area contributed by atoms with Gasteiger partial charge >= 0.3 is 0 Å². The van der Waals surface area contributed by atoms with Crippen LogP contribution in [0.1, 0.15) is 49.4 Å². The van der Waals surface area contributed by atoms with Crippen molar-refractivity contribution in [2.45, 2.75) is 45.6 Å². The second-order valence-electron chi connectivity index (χ2n) is 5.44. The standard InChI is InChI=1S/C15H21N3/c1-11(2)18-6-4-5-13(10-18)15-7-14(8-16)12(3)17-9-15/h7,9,11,13H,4-6,10H2,1-3H3. The van der Waals surface area contributed by atoms with Gasteiger partial charge in [0.25, 0.3) is 0 Å². The lowest BCUT2D eigenvalue weighted by Gasteiger charge is -2.35. The van der Waals surface area contributed by atoms with Crippen LogP contribution in [0.4, 0.5) is 0 Å². The van der Waals surface area contributed by atoms with Gasteiger partial charge in [0, 0.05) is 18.8 Å². The summed E-state index contributed by atoms with van der Waals surface area (Å²) in [4.78, 5) is 6.87. The van der Waals surface area contributed by atoms with Crippen LogP contribution in [-0.2, 0) is 0 Å². The molecule has 0 aliphatic carbocycles. The zero-order valence-corrected chi connectivity index (χ0v) is 11.5. The van der Waals surface area contributed by atoms with Gasteiger partial charge in [0.1, 0.15) is 6.07 Å². The van der Waals surface area contributed by atoms with Gasteiger partial charge in [0.05, 0.1) is 11.3 Å². The molecule has 3 nitrogen and oxygen atoms in total. The van der Waals surface area contributed by atoms with Crippen molar-refractivity contribution in [2.75, 3.05) is 13.1 Å². The molecule has 1 aliphatic heterocycles.